The molecule has 1 aliphatic carbocycles. The molecular weight excluding hydrogens is 230 g/mol. The van der Waals surface area contributed by atoms with Crippen LogP contribution in [0, 0.1) is 0 Å². The van der Waals surface area contributed by atoms with Crippen LogP contribution in [0.3, 0.4) is 0 Å². The average Bonchev–Trinajstić information content (AvgIpc) is 2.75. The zero-order valence-electron chi connectivity index (χ0n) is 10.9. The van der Waals surface area contributed by atoms with E-state index in [9.17, 15) is 0 Å². The number of nitrogens with zero attached hydrogens (tertiary/aromatic N) is 2. The van der Waals surface area contributed by atoms with Crippen LogP contribution in [0.4, 0.5) is 5.13 Å². The van der Waals surface area contributed by atoms with E-state index in [0.29, 0.717) is 0 Å². The molecule has 1 aromatic heterocycles. The Morgan fingerprint density at radius 2 is 2.29 bits per heavy atom. The van der Waals surface area contributed by atoms with Crippen LogP contribution in [0.2, 0.25) is 0 Å². The van der Waals surface area contributed by atoms with Crippen LogP contribution in [0.1, 0.15) is 56.1 Å². The summed E-state index contributed by atoms with van der Waals surface area (Å²) in [5.74, 6) is 0. The maximum atomic E-state index is 6.15. The summed E-state index contributed by atoms with van der Waals surface area (Å²) in [6.45, 7) is 6.60. The van der Waals surface area contributed by atoms with Crippen molar-refractivity contribution in [3.05, 3.63) is 10.6 Å². The summed E-state index contributed by atoms with van der Waals surface area (Å²) in [7, 11) is 0. The van der Waals surface area contributed by atoms with Crippen molar-refractivity contribution in [2.45, 2.75) is 52.0 Å². The van der Waals surface area contributed by atoms with Gasteiger partial charge in [0.2, 0.25) is 0 Å². The SMILES string of the molecule is CCCCN(CC)c1nc2c(s1)C(N)CCC2. The number of rotatable bonds is 5. The summed E-state index contributed by atoms with van der Waals surface area (Å²) in [6, 6.07) is 0.231. The van der Waals surface area contributed by atoms with Gasteiger partial charge in [0.25, 0.3) is 0 Å². The van der Waals surface area contributed by atoms with Gasteiger partial charge in [0.1, 0.15) is 0 Å². The van der Waals surface area contributed by atoms with Crippen molar-refractivity contribution in [3.8, 4) is 0 Å². The fourth-order valence-corrected chi connectivity index (χ4v) is 3.55. The first-order chi connectivity index (χ1) is 8.26. The van der Waals surface area contributed by atoms with E-state index < -0.39 is 0 Å². The summed E-state index contributed by atoms with van der Waals surface area (Å²) in [5.41, 5.74) is 7.42. The summed E-state index contributed by atoms with van der Waals surface area (Å²) in [6.07, 6.45) is 5.91. The molecule has 0 aromatic carbocycles. The third-order valence-corrected chi connectivity index (χ3v) is 4.71. The van der Waals surface area contributed by atoms with Gasteiger partial charge in [-0.1, -0.05) is 24.7 Å². The molecule has 4 heteroatoms. The fraction of sp³-hybridized carbons (Fsp3) is 0.769. The Hall–Kier alpha value is -0.610. The molecule has 1 aliphatic rings. The number of hydrogen-bond donors (Lipinski definition) is 1. The van der Waals surface area contributed by atoms with Crippen LogP contribution in [-0.4, -0.2) is 18.1 Å². The van der Waals surface area contributed by atoms with Crippen LogP contribution in [-0.2, 0) is 6.42 Å². The molecule has 1 atom stereocenters. The highest BCUT2D eigenvalue weighted by Gasteiger charge is 2.23. The van der Waals surface area contributed by atoms with Gasteiger partial charge in [-0.25, -0.2) is 4.98 Å². The van der Waals surface area contributed by atoms with Gasteiger partial charge in [0, 0.05) is 24.0 Å². The van der Waals surface area contributed by atoms with Crippen molar-refractivity contribution in [1.29, 1.82) is 0 Å². The molecular formula is C13H23N3S. The highest BCUT2D eigenvalue weighted by molar-refractivity contribution is 7.15. The predicted molar refractivity (Wildman–Crippen MR) is 74.8 cm³/mol. The molecule has 96 valence electrons. The van der Waals surface area contributed by atoms with Gasteiger partial charge in [-0.3, -0.25) is 0 Å². The maximum absolute atomic E-state index is 6.15. The van der Waals surface area contributed by atoms with Crippen molar-refractivity contribution in [3.63, 3.8) is 0 Å². The predicted octanol–water partition coefficient (Wildman–Crippen LogP) is 3.11. The third kappa shape index (κ3) is 2.80. The molecule has 0 amide bonds. The van der Waals surface area contributed by atoms with Crippen LogP contribution < -0.4 is 10.6 Å². The van der Waals surface area contributed by atoms with Gasteiger partial charge >= 0.3 is 0 Å². The minimum absolute atomic E-state index is 0.231. The lowest BCUT2D eigenvalue weighted by Gasteiger charge is -2.19. The van der Waals surface area contributed by atoms with Gasteiger partial charge in [0.15, 0.2) is 5.13 Å². The Morgan fingerprint density at radius 1 is 1.47 bits per heavy atom. The first-order valence-electron chi connectivity index (χ1n) is 6.76. The molecule has 0 bridgehead atoms. The number of nitrogens with two attached hydrogens (primary N) is 1. The summed E-state index contributed by atoms with van der Waals surface area (Å²) < 4.78 is 0. The summed E-state index contributed by atoms with van der Waals surface area (Å²) in [4.78, 5) is 8.51. The second-order valence-corrected chi connectivity index (χ2v) is 5.75. The number of thiazole rings is 1. The molecule has 0 saturated carbocycles. The van der Waals surface area contributed by atoms with Crippen molar-refractivity contribution in [1.82, 2.24) is 4.98 Å². The number of fused-ring (bicyclic) bond motifs is 1. The Morgan fingerprint density at radius 3 is 2.94 bits per heavy atom. The molecule has 1 aromatic rings. The van der Waals surface area contributed by atoms with E-state index >= 15 is 0 Å². The largest absolute Gasteiger partial charge is 0.348 e. The monoisotopic (exact) mass is 253 g/mol. The highest BCUT2D eigenvalue weighted by Crippen LogP contribution is 2.36. The maximum Gasteiger partial charge on any atom is 0.185 e. The topological polar surface area (TPSA) is 42.2 Å². The zero-order chi connectivity index (χ0) is 12.3. The van der Waals surface area contributed by atoms with Gasteiger partial charge in [0.05, 0.1) is 5.69 Å². The molecule has 1 unspecified atom stereocenters. The molecule has 0 aliphatic heterocycles. The van der Waals surface area contributed by atoms with Crippen molar-refractivity contribution >= 4 is 16.5 Å². The van der Waals surface area contributed by atoms with E-state index in [0.717, 1.165) is 25.9 Å². The van der Waals surface area contributed by atoms with Crippen molar-refractivity contribution < 1.29 is 0 Å². The fourth-order valence-electron chi connectivity index (χ4n) is 2.31. The molecule has 0 fully saturated rings. The second-order valence-electron chi connectivity index (χ2n) is 4.74. The highest BCUT2D eigenvalue weighted by atomic mass is 32.1. The van der Waals surface area contributed by atoms with E-state index in [-0.39, 0.29) is 6.04 Å². The first kappa shape index (κ1) is 12.8. The normalized spacial score (nSPS) is 19.1. The van der Waals surface area contributed by atoms with Crippen molar-refractivity contribution in [2.75, 3.05) is 18.0 Å². The van der Waals surface area contributed by atoms with Gasteiger partial charge < -0.3 is 10.6 Å². The average molecular weight is 253 g/mol. The minimum atomic E-state index is 0.231. The Kier molecular flexibility index (Phi) is 4.40. The molecule has 0 spiro atoms. The summed E-state index contributed by atoms with van der Waals surface area (Å²) >= 11 is 1.82. The van der Waals surface area contributed by atoms with Gasteiger partial charge in [-0.2, -0.15) is 0 Å². The standard InChI is InChI=1S/C13H23N3S/c1-3-5-9-16(4-2)13-15-11-8-6-7-10(14)12(11)17-13/h10H,3-9,14H2,1-2H3. The first-order valence-corrected chi connectivity index (χ1v) is 7.58. The van der Waals surface area contributed by atoms with E-state index in [4.69, 9.17) is 10.7 Å². The number of aryl methyl sites for hydroxylation is 1. The molecule has 1 heterocycles. The zero-order valence-corrected chi connectivity index (χ0v) is 11.7. The van der Waals surface area contributed by atoms with Crippen molar-refractivity contribution in [2.24, 2.45) is 5.73 Å². The third-order valence-electron chi connectivity index (χ3n) is 3.42. The van der Waals surface area contributed by atoms with Gasteiger partial charge in [-0.05, 0) is 32.6 Å². The van der Waals surface area contributed by atoms with E-state index in [1.54, 1.807) is 0 Å². The molecule has 2 N–H and O–H groups in total. The van der Waals surface area contributed by atoms with E-state index in [2.05, 4.69) is 18.7 Å². The number of unbranched alkanes of at least 4 members (excludes halogenated alkanes) is 1. The Balaban J connectivity index is 2.15. The molecule has 0 radical (unpaired) electrons. The minimum Gasteiger partial charge on any atom is -0.348 e. The van der Waals surface area contributed by atoms with Gasteiger partial charge in [-0.15, -0.1) is 0 Å². The second kappa shape index (κ2) is 5.83. The molecule has 2 rings (SSSR count). The smallest absolute Gasteiger partial charge is 0.185 e. The summed E-state index contributed by atoms with van der Waals surface area (Å²) in [5, 5.41) is 1.18. The number of hydrogen-bond acceptors (Lipinski definition) is 4. The molecule has 17 heavy (non-hydrogen) atoms. The van der Waals surface area contributed by atoms with E-state index in [1.807, 2.05) is 11.3 Å². The lowest BCUT2D eigenvalue weighted by molar-refractivity contribution is 0.573. The van der Waals surface area contributed by atoms with Crippen LogP contribution in [0.5, 0.6) is 0 Å². The van der Waals surface area contributed by atoms with Crippen LogP contribution >= 0.6 is 11.3 Å². The lowest BCUT2D eigenvalue weighted by Crippen LogP contribution is -2.23. The number of anilines is 1. The van der Waals surface area contributed by atoms with E-state index in [1.165, 1.54) is 35.0 Å². The Labute approximate surface area is 108 Å². The molecule has 0 saturated heterocycles. The van der Waals surface area contributed by atoms with Crippen LogP contribution in [0.15, 0.2) is 0 Å². The lowest BCUT2D eigenvalue weighted by atomic mass is 9.99. The Bertz CT molecular complexity index is 362. The molecule has 3 nitrogen and oxygen atoms in total. The van der Waals surface area contributed by atoms with Crippen LogP contribution in [0.25, 0.3) is 0 Å². The number of aromatic nitrogens is 1. The quantitative estimate of drug-likeness (QED) is 0.876.